The number of hydrogen-bond acceptors (Lipinski definition) is 3. The van der Waals surface area contributed by atoms with Crippen LogP contribution < -0.4 is 0 Å². The Morgan fingerprint density at radius 3 is 1.73 bits per heavy atom. The normalized spacial score (nSPS) is 12.4. The first-order valence-electron chi connectivity index (χ1n) is 21.1. The van der Waals surface area contributed by atoms with E-state index >= 15 is 0 Å². The summed E-state index contributed by atoms with van der Waals surface area (Å²) in [6.07, 6.45) is 0. The molecule has 0 radical (unpaired) electrons. The van der Waals surface area contributed by atoms with Crippen LogP contribution in [-0.2, 0) is 6.54 Å². The summed E-state index contributed by atoms with van der Waals surface area (Å²) in [6.45, 7) is 4.33. The lowest BCUT2D eigenvalue weighted by Crippen LogP contribution is -2.05. The maximum absolute atomic E-state index is 6.55. The quantitative estimate of drug-likeness (QED) is 0.0936. The molecule has 0 saturated carbocycles. The Morgan fingerprint density at radius 2 is 0.984 bits per heavy atom. The third-order valence-electron chi connectivity index (χ3n) is 12.3. The Balaban J connectivity index is 0.909. The largest absolute Gasteiger partial charge is 0.456 e. The average molecular weight is 824 g/mol. The van der Waals surface area contributed by atoms with Crippen molar-refractivity contribution in [1.82, 2.24) is 0 Å². The van der Waals surface area contributed by atoms with Gasteiger partial charge in [-0.15, -0.1) is 11.3 Å². The van der Waals surface area contributed by atoms with Gasteiger partial charge in [-0.2, -0.15) is 0 Å². The summed E-state index contributed by atoms with van der Waals surface area (Å²) in [4.78, 5) is 14.5. The van der Waals surface area contributed by atoms with Crippen molar-refractivity contribution in [3.05, 3.63) is 217 Å². The van der Waals surface area contributed by atoms with Crippen molar-refractivity contribution in [3.8, 4) is 22.3 Å². The number of rotatable bonds is 6. The predicted molar refractivity (Wildman–Crippen MR) is 269 cm³/mol. The van der Waals surface area contributed by atoms with E-state index in [-0.39, 0.29) is 0 Å². The number of hydrogen-bond donors (Lipinski definition) is 0. The van der Waals surface area contributed by atoms with Crippen molar-refractivity contribution in [3.63, 3.8) is 0 Å². The van der Waals surface area contributed by atoms with Crippen molar-refractivity contribution in [2.75, 3.05) is 0 Å². The van der Waals surface area contributed by atoms with Crippen LogP contribution in [0.25, 0.3) is 96.7 Å². The zero-order chi connectivity index (χ0) is 41.9. The molecule has 0 atom stereocenters. The van der Waals surface area contributed by atoms with E-state index in [0.29, 0.717) is 18.2 Å². The van der Waals surface area contributed by atoms with E-state index in [1.165, 1.54) is 63.6 Å². The van der Waals surface area contributed by atoms with Crippen molar-refractivity contribution >= 4 is 104 Å². The molecular weight excluding hydrogens is 787 g/mol. The molecule has 12 rings (SSSR count). The highest BCUT2D eigenvalue weighted by Crippen LogP contribution is 2.39. The molecule has 0 saturated heterocycles. The van der Waals surface area contributed by atoms with E-state index in [0.717, 1.165) is 49.8 Å². The van der Waals surface area contributed by atoms with Crippen molar-refractivity contribution in [1.29, 1.82) is 0 Å². The molecule has 10 aromatic carbocycles. The van der Waals surface area contributed by atoms with Crippen LogP contribution in [-0.4, -0.2) is 18.4 Å². The average Bonchev–Trinajstić information content (AvgIpc) is 3.91. The smallest absolute Gasteiger partial charge is 0.161 e. The van der Waals surface area contributed by atoms with Gasteiger partial charge in [-0.05, 0) is 115 Å². The van der Waals surface area contributed by atoms with Gasteiger partial charge in [0.1, 0.15) is 11.2 Å². The summed E-state index contributed by atoms with van der Waals surface area (Å²) in [7, 11) is 0. The SMILES string of the molecule is C=N/C(=N\C(=N/Cc1ccc2c(c1)sc1ccccc12)c1ccc2c(c1)oc1ccc(-c3cccc(-c4ccc5c6ccccc6c6ccccc6c5c4)c3)cc12)c1ccccc1. The molecule has 0 amide bonds. The molecule has 0 fully saturated rings. The van der Waals surface area contributed by atoms with E-state index in [1.54, 1.807) is 0 Å². The van der Waals surface area contributed by atoms with E-state index in [4.69, 9.17) is 14.4 Å². The van der Waals surface area contributed by atoms with Gasteiger partial charge < -0.3 is 4.42 Å². The topological polar surface area (TPSA) is 50.2 Å². The zero-order valence-corrected chi connectivity index (χ0v) is 34.9. The zero-order valence-electron chi connectivity index (χ0n) is 34.1. The van der Waals surface area contributed by atoms with Gasteiger partial charge >= 0.3 is 0 Å². The molecule has 0 unspecified atom stereocenters. The van der Waals surface area contributed by atoms with Crippen LogP contribution in [0, 0.1) is 0 Å². The predicted octanol–water partition coefficient (Wildman–Crippen LogP) is 15.8. The molecule has 12 aromatic rings. The lowest BCUT2D eigenvalue weighted by molar-refractivity contribution is 0.669. The maximum Gasteiger partial charge on any atom is 0.161 e. The molecule has 2 heterocycles. The molecule has 0 aliphatic heterocycles. The molecule has 0 bridgehead atoms. The Morgan fingerprint density at radius 1 is 0.397 bits per heavy atom. The molecule has 0 N–H and O–H groups in total. The van der Waals surface area contributed by atoms with Gasteiger partial charge in [0.25, 0.3) is 0 Å². The lowest BCUT2D eigenvalue weighted by Gasteiger charge is -2.12. The molecule has 0 spiro atoms. The molecule has 4 nitrogen and oxygen atoms in total. The molecule has 63 heavy (non-hydrogen) atoms. The highest BCUT2D eigenvalue weighted by atomic mass is 32.1. The number of benzene rings is 10. The summed E-state index contributed by atoms with van der Waals surface area (Å²) in [5, 5.41) is 12.3. The minimum atomic E-state index is 0.454. The molecule has 5 heteroatoms. The van der Waals surface area contributed by atoms with Crippen LogP contribution in [0.1, 0.15) is 16.7 Å². The monoisotopic (exact) mass is 823 g/mol. The van der Waals surface area contributed by atoms with E-state index in [9.17, 15) is 0 Å². The summed E-state index contributed by atoms with van der Waals surface area (Å²) in [6, 6.07) is 71.0. The second-order valence-electron chi connectivity index (χ2n) is 16.0. The van der Waals surface area contributed by atoms with Crippen LogP contribution in [0.15, 0.2) is 220 Å². The first-order chi connectivity index (χ1) is 31.1. The van der Waals surface area contributed by atoms with Crippen molar-refractivity contribution in [2.24, 2.45) is 15.0 Å². The van der Waals surface area contributed by atoms with Crippen LogP contribution in [0.5, 0.6) is 0 Å². The number of fused-ring (bicyclic) bond motifs is 12. The Kier molecular flexibility index (Phi) is 8.87. The molecule has 2 aromatic heterocycles. The highest BCUT2D eigenvalue weighted by Gasteiger charge is 2.15. The fourth-order valence-electron chi connectivity index (χ4n) is 9.17. The van der Waals surface area contributed by atoms with Crippen molar-refractivity contribution in [2.45, 2.75) is 6.54 Å². The maximum atomic E-state index is 6.55. The summed E-state index contributed by atoms with van der Waals surface area (Å²) in [5.41, 5.74) is 9.05. The third kappa shape index (κ3) is 6.49. The highest BCUT2D eigenvalue weighted by molar-refractivity contribution is 7.25. The van der Waals surface area contributed by atoms with Crippen LogP contribution in [0.2, 0.25) is 0 Å². The number of amidine groups is 2. The number of nitrogens with zero attached hydrogens (tertiary/aromatic N) is 3. The molecule has 0 aliphatic rings. The molecule has 0 aliphatic carbocycles. The third-order valence-corrected chi connectivity index (χ3v) is 13.4. The second kappa shape index (κ2) is 15.2. The van der Waals surface area contributed by atoms with E-state index in [1.807, 2.05) is 47.7 Å². The second-order valence-corrected chi connectivity index (χ2v) is 17.1. The fourth-order valence-corrected chi connectivity index (χ4v) is 10.3. The minimum absolute atomic E-state index is 0.454. The van der Waals surface area contributed by atoms with Crippen molar-refractivity contribution < 1.29 is 4.42 Å². The minimum Gasteiger partial charge on any atom is -0.456 e. The van der Waals surface area contributed by atoms with Gasteiger partial charge in [-0.25, -0.2) is 9.98 Å². The Hall–Kier alpha value is -7.99. The van der Waals surface area contributed by atoms with Crippen LogP contribution >= 0.6 is 11.3 Å². The standard InChI is InChI=1S/C58H37N3OS/c1-59-57(37-12-3-2-4-13-37)61-58(60-35-36-22-26-50-49-20-9-10-21-55(49)63-56(50)30-36)42-24-28-48-52-33-41(25-29-53(52)62-54(48)34-42)39-15-11-14-38(31-39)40-23-27-47-45-18-6-5-16-43(45)44-17-7-8-19-46(44)51(47)32-40/h2-34H,1,35H2/b60-58-,61-57-. The fraction of sp³-hybridized carbons (Fsp3) is 0.0172. The number of furan rings is 1. The van der Waals surface area contributed by atoms with Gasteiger partial charge in [0.15, 0.2) is 11.7 Å². The Labute approximate surface area is 367 Å². The summed E-state index contributed by atoms with van der Waals surface area (Å²) >= 11 is 1.81. The van der Waals surface area contributed by atoms with E-state index in [2.05, 4.69) is 176 Å². The van der Waals surface area contributed by atoms with Gasteiger partial charge in [0.05, 0.1) is 6.54 Å². The first kappa shape index (κ1) is 36.8. The Bertz CT molecular complexity index is 3820. The number of thiophene rings is 1. The van der Waals surface area contributed by atoms with Gasteiger partial charge in [0.2, 0.25) is 0 Å². The molecular formula is C58H37N3OS. The van der Waals surface area contributed by atoms with Crippen LogP contribution in [0.3, 0.4) is 0 Å². The van der Waals surface area contributed by atoms with Gasteiger partial charge in [-0.1, -0.05) is 152 Å². The summed E-state index contributed by atoms with van der Waals surface area (Å²) in [5.74, 6) is 1.07. The van der Waals surface area contributed by atoms with E-state index < -0.39 is 0 Å². The number of aliphatic imine (C=N–C) groups is 3. The lowest BCUT2D eigenvalue weighted by atomic mass is 9.91. The van der Waals surface area contributed by atoms with Crippen LogP contribution in [0.4, 0.5) is 0 Å². The summed E-state index contributed by atoms with van der Waals surface area (Å²) < 4.78 is 9.08. The van der Waals surface area contributed by atoms with Gasteiger partial charge in [-0.3, -0.25) is 4.99 Å². The first-order valence-corrected chi connectivity index (χ1v) is 21.9. The van der Waals surface area contributed by atoms with Gasteiger partial charge in [0, 0.05) is 42.1 Å². The molecule has 296 valence electrons.